The van der Waals surface area contributed by atoms with E-state index in [0.29, 0.717) is 17.3 Å². The molecule has 6 heteroatoms. The van der Waals surface area contributed by atoms with E-state index < -0.39 is 5.91 Å². The molecule has 0 fully saturated rings. The number of amides is 1. The summed E-state index contributed by atoms with van der Waals surface area (Å²) >= 11 is 3.32. The third kappa shape index (κ3) is 3.99. The van der Waals surface area contributed by atoms with Gasteiger partial charge in [-0.25, -0.2) is 0 Å². The molecule has 5 nitrogen and oxygen atoms in total. The number of carbonyl (C=O) groups excluding carboxylic acids is 1. The van der Waals surface area contributed by atoms with Gasteiger partial charge in [0.2, 0.25) is 0 Å². The lowest BCUT2D eigenvalue weighted by molar-refractivity contribution is -0.112. The van der Waals surface area contributed by atoms with Crippen LogP contribution in [0, 0.1) is 11.3 Å². The molecular weight excluding hydrogens is 346 g/mol. The summed E-state index contributed by atoms with van der Waals surface area (Å²) in [6.07, 6.45) is 1.42. The van der Waals surface area contributed by atoms with E-state index in [9.17, 15) is 4.79 Å². The highest BCUT2D eigenvalue weighted by Crippen LogP contribution is 2.19. The normalized spacial score (nSPS) is 10.9. The van der Waals surface area contributed by atoms with Crippen molar-refractivity contribution in [2.24, 2.45) is 0 Å². The highest BCUT2D eigenvalue weighted by molar-refractivity contribution is 9.10. The molecule has 0 saturated heterocycles. The molecule has 1 aromatic heterocycles. The molecule has 0 bridgehead atoms. The van der Waals surface area contributed by atoms with E-state index in [1.54, 1.807) is 41.3 Å². The monoisotopic (exact) mass is 359 g/mol. The number of anilines is 2. The second-order valence-electron chi connectivity index (χ2n) is 4.70. The van der Waals surface area contributed by atoms with Gasteiger partial charge in [0.25, 0.3) is 5.91 Å². The van der Waals surface area contributed by atoms with Crippen LogP contribution in [0.15, 0.2) is 50.9 Å². The maximum atomic E-state index is 12.1. The number of halogens is 1. The van der Waals surface area contributed by atoms with Gasteiger partial charge >= 0.3 is 0 Å². The molecule has 1 heterocycles. The first-order valence-electron chi connectivity index (χ1n) is 6.45. The molecule has 0 saturated carbocycles. The van der Waals surface area contributed by atoms with E-state index in [0.717, 1.165) is 4.47 Å². The van der Waals surface area contributed by atoms with Gasteiger partial charge in [0, 0.05) is 36.4 Å². The molecule has 0 aliphatic heterocycles. The Hall–Kier alpha value is -2.52. The van der Waals surface area contributed by atoms with Crippen molar-refractivity contribution in [3.8, 4) is 6.07 Å². The van der Waals surface area contributed by atoms with Crippen LogP contribution >= 0.6 is 15.9 Å². The molecule has 112 valence electrons. The summed E-state index contributed by atoms with van der Waals surface area (Å²) in [5, 5.41) is 11.8. The fourth-order valence-electron chi connectivity index (χ4n) is 1.68. The van der Waals surface area contributed by atoms with E-state index in [1.165, 1.54) is 6.08 Å². The van der Waals surface area contributed by atoms with Crippen molar-refractivity contribution in [3.05, 3.63) is 52.2 Å². The van der Waals surface area contributed by atoms with Gasteiger partial charge in [-0.15, -0.1) is 0 Å². The van der Waals surface area contributed by atoms with Crippen LogP contribution in [0.25, 0.3) is 6.08 Å². The van der Waals surface area contributed by atoms with Crippen LogP contribution in [0.5, 0.6) is 0 Å². The standard InChI is InChI=1S/C16H14BrN3O2/c1-20(2)15-8-7-14(22-15)9-11(10-18)16(21)19-13-5-3-12(17)4-6-13/h3-9H,1-2H3,(H,19,21)/b11-9+. The summed E-state index contributed by atoms with van der Waals surface area (Å²) in [6.45, 7) is 0. The van der Waals surface area contributed by atoms with Gasteiger partial charge in [0.15, 0.2) is 5.88 Å². The average molecular weight is 360 g/mol. The van der Waals surface area contributed by atoms with E-state index in [4.69, 9.17) is 9.68 Å². The van der Waals surface area contributed by atoms with Crippen molar-refractivity contribution >= 4 is 39.5 Å². The number of nitrogens with one attached hydrogen (secondary N) is 1. The van der Waals surface area contributed by atoms with Crippen LogP contribution in [0.4, 0.5) is 11.6 Å². The van der Waals surface area contributed by atoms with Crippen LogP contribution < -0.4 is 10.2 Å². The minimum atomic E-state index is -0.479. The number of nitrogens with zero attached hydrogens (tertiary/aromatic N) is 2. The Bertz CT molecular complexity index is 739. The third-order valence-corrected chi connectivity index (χ3v) is 3.34. The van der Waals surface area contributed by atoms with Crippen molar-refractivity contribution in [2.45, 2.75) is 0 Å². The molecule has 1 amide bonds. The molecule has 1 aromatic carbocycles. The van der Waals surface area contributed by atoms with Crippen LogP contribution in [0.3, 0.4) is 0 Å². The van der Waals surface area contributed by atoms with Crippen molar-refractivity contribution in [2.75, 3.05) is 24.3 Å². The molecule has 0 atom stereocenters. The fraction of sp³-hybridized carbons (Fsp3) is 0.125. The van der Waals surface area contributed by atoms with E-state index in [-0.39, 0.29) is 5.57 Å². The molecule has 2 aromatic rings. The fourth-order valence-corrected chi connectivity index (χ4v) is 1.95. The second kappa shape index (κ2) is 6.96. The highest BCUT2D eigenvalue weighted by atomic mass is 79.9. The summed E-state index contributed by atoms with van der Waals surface area (Å²) in [5.74, 6) is 0.621. The lowest BCUT2D eigenvalue weighted by Crippen LogP contribution is -2.13. The predicted octanol–water partition coefficient (Wildman–Crippen LogP) is 3.65. The van der Waals surface area contributed by atoms with Crippen LogP contribution in [0.1, 0.15) is 5.76 Å². The topological polar surface area (TPSA) is 69.3 Å². The maximum absolute atomic E-state index is 12.1. The minimum absolute atomic E-state index is 0.0254. The molecule has 0 radical (unpaired) electrons. The molecule has 0 aliphatic rings. The van der Waals surface area contributed by atoms with Crippen LogP contribution in [-0.2, 0) is 4.79 Å². The second-order valence-corrected chi connectivity index (χ2v) is 5.62. The van der Waals surface area contributed by atoms with Gasteiger partial charge in [0.1, 0.15) is 17.4 Å². The minimum Gasteiger partial charge on any atom is -0.441 e. The van der Waals surface area contributed by atoms with Crippen molar-refractivity contribution in [3.63, 3.8) is 0 Å². The summed E-state index contributed by atoms with van der Waals surface area (Å²) in [4.78, 5) is 13.9. The Morgan fingerprint density at radius 3 is 2.50 bits per heavy atom. The van der Waals surface area contributed by atoms with Crippen LogP contribution in [0.2, 0.25) is 0 Å². The number of hydrogen-bond acceptors (Lipinski definition) is 4. The number of rotatable bonds is 4. The average Bonchev–Trinajstić information content (AvgIpc) is 2.96. The van der Waals surface area contributed by atoms with Gasteiger partial charge in [-0.3, -0.25) is 4.79 Å². The summed E-state index contributed by atoms with van der Waals surface area (Å²) in [6, 6.07) is 12.5. The molecule has 2 rings (SSSR count). The van der Waals surface area contributed by atoms with Gasteiger partial charge in [-0.1, -0.05) is 15.9 Å². The van der Waals surface area contributed by atoms with Gasteiger partial charge < -0.3 is 14.6 Å². The van der Waals surface area contributed by atoms with Gasteiger partial charge in [-0.2, -0.15) is 5.26 Å². The zero-order valence-electron chi connectivity index (χ0n) is 12.1. The summed E-state index contributed by atoms with van der Waals surface area (Å²) < 4.78 is 6.42. The lowest BCUT2D eigenvalue weighted by Gasteiger charge is -2.06. The largest absolute Gasteiger partial charge is 0.441 e. The number of benzene rings is 1. The van der Waals surface area contributed by atoms with Gasteiger partial charge in [0.05, 0.1) is 0 Å². The van der Waals surface area contributed by atoms with Crippen molar-refractivity contribution < 1.29 is 9.21 Å². The van der Waals surface area contributed by atoms with Crippen molar-refractivity contribution in [1.82, 2.24) is 0 Å². The Kier molecular flexibility index (Phi) is 5.02. The number of nitriles is 1. The van der Waals surface area contributed by atoms with Crippen molar-refractivity contribution in [1.29, 1.82) is 5.26 Å². The van der Waals surface area contributed by atoms with E-state index in [2.05, 4.69) is 21.2 Å². The summed E-state index contributed by atoms with van der Waals surface area (Å²) in [5.41, 5.74) is 0.588. The first-order chi connectivity index (χ1) is 10.5. The molecule has 0 aliphatic carbocycles. The Labute approximate surface area is 137 Å². The van der Waals surface area contributed by atoms with E-state index >= 15 is 0 Å². The molecule has 22 heavy (non-hydrogen) atoms. The predicted molar refractivity (Wildman–Crippen MR) is 89.4 cm³/mol. The molecular formula is C16H14BrN3O2. The number of carbonyl (C=O) groups is 1. The van der Waals surface area contributed by atoms with E-state index in [1.807, 2.05) is 20.2 Å². The number of furan rings is 1. The zero-order chi connectivity index (χ0) is 16.1. The quantitative estimate of drug-likeness (QED) is 0.668. The highest BCUT2D eigenvalue weighted by Gasteiger charge is 2.11. The molecule has 0 unspecified atom stereocenters. The Balaban J connectivity index is 2.16. The SMILES string of the molecule is CN(C)c1ccc(/C=C(\C#N)C(=O)Nc2ccc(Br)cc2)o1. The molecule has 1 N–H and O–H groups in total. The maximum Gasteiger partial charge on any atom is 0.266 e. The third-order valence-electron chi connectivity index (χ3n) is 2.81. The first-order valence-corrected chi connectivity index (χ1v) is 7.25. The Morgan fingerprint density at radius 1 is 1.27 bits per heavy atom. The number of hydrogen-bond donors (Lipinski definition) is 1. The van der Waals surface area contributed by atoms with Gasteiger partial charge in [-0.05, 0) is 30.3 Å². The summed E-state index contributed by atoms with van der Waals surface area (Å²) in [7, 11) is 3.69. The zero-order valence-corrected chi connectivity index (χ0v) is 13.7. The molecule has 0 spiro atoms. The smallest absolute Gasteiger partial charge is 0.266 e. The first kappa shape index (κ1) is 15.9. The lowest BCUT2D eigenvalue weighted by atomic mass is 10.2. The Morgan fingerprint density at radius 2 is 1.95 bits per heavy atom. The van der Waals surface area contributed by atoms with Crippen LogP contribution in [-0.4, -0.2) is 20.0 Å².